The molecule has 8 heteroatoms. The summed E-state index contributed by atoms with van der Waals surface area (Å²) >= 11 is 2.02. The van der Waals surface area contributed by atoms with Gasteiger partial charge in [-0.15, -0.1) is 0 Å². The lowest BCUT2D eigenvalue weighted by molar-refractivity contribution is -0.0529. The van der Waals surface area contributed by atoms with Crippen LogP contribution in [0, 0.1) is 0 Å². The Bertz CT molecular complexity index is 545. The minimum absolute atomic E-state index is 0.125. The zero-order valence-corrected chi connectivity index (χ0v) is 12.1. The van der Waals surface area contributed by atoms with E-state index < -0.39 is 24.1 Å². The third kappa shape index (κ3) is 2.96. The molecule has 4 N–H and O–H groups in total. The van der Waals surface area contributed by atoms with Crippen molar-refractivity contribution in [1.29, 1.82) is 0 Å². The van der Waals surface area contributed by atoms with E-state index in [2.05, 4.69) is 4.98 Å². The molecule has 0 saturated carbocycles. The third-order valence-corrected chi connectivity index (χ3v) is 3.26. The lowest BCUT2D eigenvalue weighted by atomic mass is 10.2. The molecular formula is C11H14IN3O4. The second kappa shape index (κ2) is 5.99. The summed E-state index contributed by atoms with van der Waals surface area (Å²) in [5, 5.41) is 18.9. The lowest BCUT2D eigenvalue weighted by Gasteiger charge is -2.17. The maximum atomic E-state index is 11.8. The van der Waals surface area contributed by atoms with Gasteiger partial charge in [-0.05, 0) is 10.2 Å². The lowest BCUT2D eigenvalue weighted by Crippen LogP contribution is -2.32. The van der Waals surface area contributed by atoms with Gasteiger partial charge in [0.15, 0.2) is 6.23 Å². The van der Waals surface area contributed by atoms with E-state index in [9.17, 15) is 9.90 Å². The van der Waals surface area contributed by atoms with Crippen LogP contribution in [0.1, 0.15) is 18.2 Å². The van der Waals surface area contributed by atoms with Gasteiger partial charge in [0.1, 0.15) is 11.9 Å². The summed E-state index contributed by atoms with van der Waals surface area (Å²) in [5.41, 5.74) is 5.62. The van der Waals surface area contributed by atoms with Crippen molar-refractivity contribution >= 4 is 34.5 Å². The van der Waals surface area contributed by atoms with Crippen molar-refractivity contribution in [3.63, 3.8) is 0 Å². The number of halogens is 1. The summed E-state index contributed by atoms with van der Waals surface area (Å²) in [4.78, 5) is 15.5. The van der Waals surface area contributed by atoms with Crippen molar-refractivity contribution < 1.29 is 14.9 Å². The van der Waals surface area contributed by atoms with Crippen LogP contribution >= 0.6 is 22.6 Å². The van der Waals surface area contributed by atoms with E-state index in [0.717, 1.165) is 0 Å². The fraction of sp³-hybridized carbons (Fsp3) is 0.455. The molecule has 19 heavy (non-hydrogen) atoms. The minimum atomic E-state index is -0.864. The fourth-order valence-corrected chi connectivity index (χ4v) is 2.36. The van der Waals surface area contributed by atoms with Gasteiger partial charge >= 0.3 is 5.69 Å². The fourth-order valence-electron chi connectivity index (χ4n) is 1.97. The first-order valence-corrected chi connectivity index (χ1v) is 6.91. The van der Waals surface area contributed by atoms with E-state index >= 15 is 0 Å². The molecule has 0 aliphatic carbocycles. The van der Waals surface area contributed by atoms with Crippen LogP contribution < -0.4 is 11.4 Å². The molecule has 0 unspecified atom stereocenters. The van der Waals surface area contributed by atoms with E-state index in [0.29, 0.717) is 5.56 Å². The van der Waals surface area contributed by atoms with E-state index in [1.807, 2.05) is 22.6 Å². The van der Waals surface area contributed by atoms with Crippen molar-refractivity contribution in [2.75, 3.05) is 12.3 Å². The summed E-state index contributed by atoms with van der Waals surface area (Å²) in [5.74, 6) is 0.125. The van der Waals surface area contributed by atoms with Gasteiger partial charge in [-0.2, -0.15) is 4.98 Å². The third-order valence-electron chi connectivity index (χ3n) is 2.90. The number of aliphatic hydroxyl groups excluding tert-OH is 2. The van der Waals surface area contributed by atoms with E-state index in [4.69, 9.17) is 15.6 Å². The normalized spacial score (nSPS) is 27.2. The largest absolute Gasteiger partial charge is 0.394 e. The van der Waals surface area contributed by atoms with Crippen LogP contribution in [-0.2, 0) is 4.74 Å². The number of hydrogen-bond acceptors (Lipinski definition) is 6. The number of nitrogen functional groups attached to an aromatic ring is 1. The average Bonchev–Trinajstić information content (AvgIpc) is 2.74. The molecule has 1 aliphatic heterocycles. The Kier molecular flexibility index (Phi) is 4.55. The number of anilines is 1. The standard InChI is InChI=1S/C11H14IN3O4/c12-2-1-6-4-15(11(18)14-9(6)13)10-8(17)3-7(5-16)19-10/h1-2,4,7-8,10,16-17H,3,5H2,(H2,13,14,18)/b2-1+/t7-,8+,10+/m0/s1. The maximum Gasteiger partial charge on any atom is 0.351 e. The highest BCUT2D eigenvalue weighted by atomic mass is 127. The number of aromatic nitrogens is 2. The molecule has 2 heterocycles. The van der Waals surface area contributed by atoms with Crippen molar-refractivity contribution in [3.8, 4) is 0 Å². The van der Waals surface area contributed by atoms with E-state index in [1.165, 1.54) is 10.8 Å². The second-order valence-corrected chi connectivity index (χ2v) is 4.92. The van der Waals surface area contributed by atoms with Crippen LogP contribution in [0.3, 0.4) is 0 Å². The molecule has 0 aromatic carbocycles. The van der Waals surface area contributed by atoms with E-state index in [-0.39, 0.29) is 18.8 Å². The van der Waals surface area contributed by atoms with Gasteiger partial charge in [-0.3, -0.25) is 4.57 Å². The summed E-state index contributed by atoms with van der Waals surface area (Å²) in [6.45, 7) is -0.203. The van der Waals surface area contributed by atoms with Gasteiger partial charge in [-0.1, -0.05) is 22.6 Å². The topological polar surface area (TPSA) is 111 Å². The van der Waals surface area contributed by atoms with Crippen molar-refractivity contribution in [2.45, 2.75) is 24.9 Å². The molecule has 1 aliphatic rings. The Morgan fingerprint density at radius 2 is 2.42 bits per heavy atom. The van der Waals surface area contributed by atoms with Crippen molar-refractivity contribution in [3.05, 3.63) is 26.3 Å². The number of hydrogen-bond donors (Lipinski definition) is 3. The molecule has 7 nitrogen and oxygen atoms in total. The Labute approximate surface area is 122 Å². The number of aliphatic hydroxyl groups is 2. The van der Waals surface area contributed by atoms with Crippen LogP contribution in [0.25, 0.3) is 6.08 Å². The Hall–Kier alpha value is -0.970. The number of rotatable bonds is 3. The Balaban J connectivity index is 2.39. The molecule has 0 radical (unpaired) electrons. The van der Waals surface area contributed by atoms with Crippen LogP contribution in [0.15, 0.2) is 15.1 Å². The molecular weight excluding hydrogens is 365 g/mol. The highest BCUT2D eigenvalue weighted by Crippen LogP contribution is 2.28. The molecule has 1 aromatic heterocycles. The van der Waals surface area contributed by atoms with Crippen LogP contribution in [0.2, 0.25) is 0 Å². The molecule has 1 saturated heterocycles. The zero-order chi connectivity index (χ0) is 14.0. The summed E-state index contributed by atoms with van der Waals surface area (Å²) in [6.07, 6.45) is 1.27. The Morgan fingerprint density at radius 3 is 3.00 bits per heavy atom. The van der Waals surface area contributed by atoms with E-state index in [1.54, 1.807) is 10.2 Å². The smallest absolute Gasteiger partial charge is 0.351 e. The SMILES string of the molecule is Nc1nc(=O)n([C@@H]2O[C@H](CO)C[C@H]2O)cc1/C=C/I. The number of nitrogens with two attached hydrogens (primary N) is 1. The molecule has 0 spiro atoms. The molecule has 2 rings (SSSR count). The van der Waals surface area contributed by atoms with Gasteiger partial charge in [0, 0.05) is 18.2 Å². The van der Waals surface area contributed by atoms with Crippen LogP contribution in [0.4, 0.5) is 5.82 Å². The molecule has 1 fully saturated rings. The molecule has 0 amide bonds. The second-order valence-electron chi connectivity index (χ2n) is 4.20. The highest BCUT2D eigenvalue weighted by molar-refractivity contribution is 14.1. The van der Waals surface area contributed by atoms with Crippen molar-refractivity contribution in [1.82, 2.24) is 9.55 Å². The zero-order valence-electron chi connectivity index (χ0n) is 9.94. The number of ether oxygens (including phenoxy) is 1. The minimum Gasteiger partial charge on any atom is -0.394 e. The molecule has 104 valence electrons. The molecule has 1 aromatic rings. The van der Waals surface area contributed by atoms with Gasteiger partial charge in [0.25, 0.3) is 0 Å². The van der Waals surface area contributed by atoms with Gasteiger partial charge < -0.3 is 20.7 Å². The Morgan fingerprint density at radius 1 is 1.68 bits per heavy atom. The first-order chi connectivity index (χ1) is 9.06. The van der Waals surface area contributed by atoms with Crippen molar-refractivity contribution in [2.24, 2.45) is 0 Å². The first kappa shape index (κ1) is 14.4. The maximum absolute atomic E-state index is 11.8. The predicted molar refractivity (Wildman–Crippen MR) is 77.6 cm³/mol. The summed E-state index contributed by atoms with van der Waals surface area (Å²) in [6, 6.07) is 0. The van der Waals surface area contributed by atoms with Gasteiger partial charge in [0.05, 0.1) is 12.7 Å². The first-order valence-electron chi connectivity index (χ1n) is 5.66. The van der Waals surface area contributed by atoms with Crippen LogP contribution in [0.5, 0.6) is 0 Å². The average molecular weight is 379 g/mol. The molecule has 0 bridgehead atoms. The predicted octanol–water partition coefficient (Wildman–Crippen LogP) is -0.128. The summed E-state index contributed by atoms with van der Waals surface area (Å²) < 4.78 is 8.35. The quantitative estimate of drug-likeness (QED) is 0.632. The van der Waals surface area contributed by atoms with Gasteiger partial charge in [-0.25, -0.2) is 4.79 Å². The highest BCUT2D eigenvalue weighted by Gasteiger charge is 2.35. The van der Waals surface area contributed by atoms with Crippen LogP contribution in [-0.4, -0.2) is 38.6 Å². The molecule has 3 atom stereocenters. The number of nitrogens with zero attached hydrogens (tertiary/aromatic N) is 2. The van der Waals surface area contributed by atoms with Gasteiger partial charge in [0.2, 0.25) is 0 Å². The monoisotopic (exact) mass is 379 g/mol. The summed E-state index contributed by atoms with van der Waals surface area (Å²) in [7, 11) is 0.